The van der Waals surface area contributed by atoms with Crippen LogP contribution in [0.1, 0.15) is 93.7 Å². The molecule has 0 heterocycles. The standard InChI is InChI=1S/C24H39Cl3/c25-16-10-4-1-7-13-22-19-23(14-8-2-5-11-17-26)21-24(20-22)15-9-3-6-12-18-27/h19-21H,1-18H2. The predicted octanol–water partition coefficient (Wildman–Crippen LogP) is 8.71. The second-order valence-electron chi connectivity index (χ2n) is 7.72. The molecule has 0 saturated heterocycles. The SMILES string of the molecule is ClCCCCCCc1cc(CCCCCCCl)cc(CCCCCCCl)c1. The molecule has 156 valence electrons. The summed E-state index contributed by atoms with van der Waals surface area (Å²) in [5.74, 6) is 2.40. The fourth-order valence-corrected chi connectivity index (χ4v) is 4.17. The van der Waals surface area contributed by atoms with Gasteiger partial charge in [-0.3, -0.25) is 0 Å². The van der Waals surface area contributed by atoms with Crippen molar-refractivity contribution in [2.24, 2.45) is 0 Å². The molecule has 0 spiro atoms. The average molecular weight is 434 g/mol. The minimum absolute atomic E-state index is 0.799. The van der Waals surface area contributed by atoms with Crippen molar-refractivity contribution in [2.45, 2.75) is 96.3 Å². The van der Waals surface area contributed by atoms with Crippen LogP contribution >= 0.6 is 34.8 Å². The van der Waals surface area contributed by atoms with Gasteiger partial charge < -0.3 is 0 Å². The molecule has 0 nitrogen and oxygen atoms in total. The van der Waals surface area contributed by atoms with E-state index in [1.165, 1.54) is 93.7 Å². The van der Waals surface area contributed by atoms with E-state index in [1.54, 1.807) is 0 Å². The third-order valence-electron chi connectivity index (χ3n) is 5.16. The molecular weight excluding hydrogens is 395 g/mol. The highest BCUT2D eigenvalue weighted by molar-refractivity contribution is 6.18. The zero-order chi connectivity index (χ0) is 19.6. The van der Waals surface area contributed by atoms with Gasteiger partial charge in [-0.15, -0.1) is 34.8 Å². The molecule has 0 saturated carbocycles. The smallest absolute Gasteiger partial charge is 0.0223 e. The largest absolute Gasteiger partial charge is 0.127 e. The van der Waals surface area contributed by atoms with Crippen LogP contribution in [0, 0.1) is 0 Å². The van der Waals surface area contributed by atoms with Gasteiger partial charge in [-0.2, -0.15) is 0 Å². The van der Waals surface area contributed by atoms with Crippen molar-refractivity contribution >= 4 is 34.8 Å². The van der Waals surface area contributed by atoms with E-state index in [-0.39, 0.29) is 0 Å². The van der Waals surface area contributed by atoms with E-state index in [4.69, 9.17) is 34.8 Å². The van der Waals surface area contributed by atoms with Gasteiger partial charge >= 0.3 is 0 Å². The van der Waals surface area contributed by atoms with Crippen LogP contribution in [0.3, 0.4) is 0 Å². The van der Waals surface area contributed by atoms with E-state index >= 15 is 0 Å². The molecule has 0 aromatic heterocycles. The van der Waals surface area contributed by atoms with E-state index in [1.807, 2.05) is 0 Å². The minimum Gasteiger partial charge on any atom is -0.127 e. The van der Waals surface area contributed by atoms with Crippen LogP contribution in [0.25, 0.3) is 0 Å². The van der Waals surface area contributed by atoms with Crippen molar-refractivity contribution in [1.29, 1.82) is 0 Å². The normalized spacial score (nSPS) is 11.2. The number of rotatable bonds is 18. The maximum Gasteiger partial charge on any atom is 0.0223 e. The van der Waals surface area contributed by atoms with E-state index in [0.717, 1.165) is 36.9 Å². The Bertz CT molecular complexity index is 380. The molecule has 0 bridgehead atoms. The zero-order valence-corrected chi connectivity index (χ0v) is 19.4. The lowest BCUT2D eigenvalue weighted by atomic mass is 9.95. The maximum atomic E-state index is 5.78. The number of hydrogen-bond acceptors (Lipinski definition) is 0. The van der Waals surface area contributed by atoms with Gasteiger partial charge in [-0.1, -0.05) is 56.7 Å². The van der Waals surface area contributed by atoms with Crippen LogP contribution in [0.15, 0.2) is 18.2 Å². The van der Waals surface area contributed by atoms with Crippen molar-refractivity contribution in [3.05, 3.63) is 34.9 Å². The van der Waals surface area contributed by atoms with Gasteiger partial charge in [0.1, 0.15) is 0 Å². The number of hydrogen-bond donors (Lipinski definition) is 0. The van der Waals surface area contributed by atoms with Gasteiger partial charge in [-0.25, -0.2) is 0 Å². The van der Waals surface area contributed by atoms with Crippen molar-refractivity contribution < 1.29 is 0 Å². The molecule has 0 atom stereocenters. The molecule has 0 radical (unpaired) electrons. The Balaban J connectivity index is 2.52. The lowest BCUT2D eigenvalue weighted by Gasteiger charge is -2.11. The van der Waals surface area contributed by atoms with Gasteiger partial charge in [0.05, 0.1) is 0 Å². The zero-order valence-electron chi connectivity index (χ0n) is 17.1. The highest BCUT2D eigenvalue weighted by Gasteiger charge is 2.03. The Labute approximate surface area is 183 Å². The summed E-state index contributed by atoms with van der Waals surface area (Å²) in [4.78, 5) is 0. The quantitative estimate of drug-likeness (QED) is 0.160. The van der Waals surface area contributed by atoms with Crippen LogP contribution in [0.4, 0.5) is 0 Å². The first-order valence-corrected chi connectivity index (χ1v) is 12.7. The monoisotopic (exact) mass is 432 g/mol. The number of unbranched alkanes of at least 4 members (excludes halogenated alkanes) is 9. The third-order valence-corrected chi connectivity index (χ3v) is 5.96. The van der Waals surface area contributed by atoms with Crippen molar-refractivity contribution in [1.82, 2.24) is 0 Å². The summed E-state index contributed by atoms with van der Waals surface area (Å²) >= 11 is 17.4. The Hall–Kier alpha value is 0.0900. The Morgan fingerprint density at radius 1 is 0.370 bits per heavy atom. The molecule has 1 aromatic rings. The number of alkyl halides is 3. The van der Waals surface area contributed by atoms with Gasteiger partial charge in [-0.05, 0) is 74.5 Å². The molecule has 0 N–H and O–H groups in total. The fourth-order valence-electron chi connectivity index (χ4n) is 3.60. The second-order valence-corrected chi connectivity index (χ2v) is 8.85. The summed E-state index contributed by atoms with van der Waals surface area (Å²) in [5, 5.41) is 0. The minimum atomic E-state index is 0.799. The van der Waals surface area contributed by atoms with Crippen molar-refractivity contribution in [3.8, 4) is 0 Å². The summed E-state index contributed by atoms with van der Waals surface area (Å²) in [6, 6.07) is 7.38. The fraction of sp³-hybridized carbons (Fsp3) is 0.750. The molecule has 0 fully saturated rings. The lowest BCUT2D eigenvalue weighted by molar-refractivity contribution is 0.657. The van der Waals surface area contributed by atoms with Crippen LogP contribution in [0.2, 0.25) is 0 Å². The van der Waals surface area contributed by atoms with Crippen molar-refractivity contribution in [3.63, 3.8) is 0 Å². The molecule has 1 rings (SSSR count). The Morgan fingerprint density at radius 3 is 0.889 bits per heavy atom. The van der Waals surface area contributed by atoms with Crippen LogP contribution in [-0.2, 0) is 19.3 Å². The Kier molecular flexibility index (Phi) is 16.9. The van der Waals surface area contributed by atoms with Gasteiger partial charge in [0, 0.05) is 17.6 Å². The van der Waals surface area contributed by atoms with Crippen LogP contribution in [0.5, 0.6) is 0 Å². The molecule has 0 aliphatic rings. The van der Waals surface area contributed by atoms with E-state index < -0.39 is 0 Å². The third kappa shape index (κ3) is 13.8. The van der Waals surface area contributed by atoms with Crippen LogP contribution < -0.4 is 0 Å². The topological polar surface area (TPSA) is 0 Å². The molecule has 1 aromatic carbocycles. The van der Waals surface area contributed by atoms with Crippen molar-refractivity contribution in [2.75, 3.05) is 17.6 Å². The molecule has 0 aliphatic carbocycles. The van der Waals surface area contributed by atoms with Gasteiger partial charge in [0.2, 0.25) is 0 Å². The summed E-state index contributed by atoms with van der Waals surface area (Å²) in [6.45, 7) is 0. The summed E-state index contributed by atoms with van der Waals surface area (Å²) in [7, 11) is 0. The predicted molar refractivity (Wildman–Crippen MR) is 125 cm³/mol. The molecule has 0 aliphatic heterocycles. The van der Waals surface area contributed by atoms with Gasteiger partial charge in [0.15, 0.2) is 0 Å². The molecule has 0 unspecified atom stereocenters. The lowest BCUT2D eigenvalue weighted by Crippen LogP contribution is -1.96. The number of benzene rings is 1. The molecule has 3 heteroatoms. The highest BCUT2D eigenvalue weighted by atomic mass is 35.5. The average Bonchev–Trinajstić information content (AvgIpc) is 2.67. The van der Waals surface area contributed by atoms with E-state index in [2.05, 4.69) is 18.2 Å². The number of halogens is 3. The summed E-state index contributed by atoms with van der Waals surface area (Å²) < 4.78 is 0. The molecule has 0 amide bonds. The summed E-state index contributed by atoms with van der Waals surface area (Å²) in [6.07, 6.45) is 18.6. The first-order chi connectivity index (χ1) is 13.3. The van der Waals surface area contributed by atoms with E-state index in [9.17, 15) is 0 Å². The molecular formula is C24H39Cl3. The molecule has 27 heavy (non-hydrogen) atoms. The first kappa shape index (κ1) is 25.1. The Morgan fingerprint density at radius 2 is 0.630 bits per heavy atom. The summed E-state index contributed by atoms with van der Waals surface area (Å²) in [5.41, 5.74) is 4.61. The van der Waals surface area contributed by atoms with E-state index in [0.29, 0.717) is 0 Å². The second kappa shape index (κ2) is 18.1. The number of aryl methyl sites for hydroxylation is 3. The van der Waals surface area contributed by atoms with Crippen LogP contribution in [-0.4, -0.2) is 17.6 Å². The first-order valence-electron chi connectivity index (χ1n) is 11.1. The van der Waals surface area contributed by atoms with Gasteiger partial charge in [0.25, 0.3) is 0 Å². The maximum absolute atomic E-state index is 5.78. The highest BCUT2D eigenvalue weighted by Crippen LogP contribution is 2.19.